The van der Waals surface area contributed by atoms with E-state index in [1.165, 1.54) is 0 Å². The molecule has 0 aromatic carbocycles. The molecule has 2 rings (SSSR count). The van der Waals surface area contributed by atoms with Crippen molar-refractivity contribution >= 4 is 142 Å². The van der Waals surface area contributed by atoms with Gasteiger partial charge < -0.3 is 19.4 Å². The van der Waals surface area contributed by atoms with Gasteiger partial charge in [-0.3, -0.25) is 19.2 Å². The molecule has 0 aromatic rings. The van der Waals surface area contributed by atoms with Gasteiger partial charge >= 0.3 is 23.9 Å². The van der Waals surface area contributed by atoms with Gasteiger partial charge in [0.1, 0.15) is 0 Å². The van der Waals surface area contributed by atoms with Crippen LogP contribution in [0.2, 0.25) is 0 Å². The number of hydrogen-bond donors (Lipinski definition) is 0. The molecule has 0 spiro atoms. The normalized spacial score (nSPS) is 24.0. The third-order valence-corrected chi connectivity index (χ3v) is 2.35. The fourth-order valence-corrected chi connectivity index (χ4v) is 1.43. The van der Waals surface area contributed by atoms with Crippen molar-refractivity contribution in [3.63, 3.8) is 0 Å². The molecule has 0 unspecified atom stereocenters. The van der Waals surface area contributed by atoms with Gasteiger partial charge in [-0.05, 0) is 0 Å². The van der Waals surface area contributed by atoms with Gasteiger partial charge in [-0.2, -0.15) is 0 Å². The number of carbonyl (C=O) groups excluding carboxylic acids is 4. The van der Waals surface area contributed by atoms with E-state index in [2.05, 4.69) is 0 Å². The molecule has 2 aliphatic heterocycles. The second-order valence-corrected chi connectivity index (χ2v) is 3.97. The van der Waals surface area contributed by atoms with Crippen LogP contribution in [-0.4, -0.2) is 166 Å². The third-order valence-electron chi connectivity index (χ3n) is 2.35. The topological polar surface area (TPSA) is 112 Å². The van der Waals surface area contributed by atoms with Crippen molar-refractivity contribution < 1.29 is 38.5 Å². The van der Waals surface area contributed by atoms with Crippen LogP contribution in [0, 0.1) is 0 Å². The number of hydroxylamine groups is 4. The summed E-state index contributed by atoms with van der Waals surface area (Å²) in [6.45, 7) is -0.309. The SMILES string of the molecule is O=C1CCC(=O)ON2CCN(O1)OC(=O)CCC(=O)O2.[Na].[Na].[Na].[Na]. The zero-order valence-corrected chi connectivity index (χ0v) is 22.4. The fraction of sp³-hybridized carbons (Fsp3) is 0.600. The first-order valence-electron chi connectivity index (χ1n) is 5.91. The maximum atomic E-state index is 11.4. The van der Waals surface area contributed by atoms with Crippen molar-refractivity contribution in [1.82, 2.24) is 10.5 Å². The number of carbonyl (C=O) groups is 4. The first kappa shape index (κ1) is 30.5. The molecule has 2 fully saturated rings. The summed E-state index contributed by atoms with van der Waals surface area (Å²) in [5, 5.41) is 1.35. The van der Waals surface area contributed by atoms with Crippen molar-refractivity contribution in [3.8, 4) is 0 Å². The predicted molar refractivity (Wildman–Crippen MR) is 79.3 cm³/mol. The van der Waals surface area contributed by atoms with E-state index in [9.17, 15) is 19.2 Å². The molecule has 10 nitrogen and oxygen atoms in total. The second kappa shape index (κ2) is 15.8. The van der Waals surface area contributed by atoms with E-state index in [1.807, 2.05) is 0 Å². The molecule has 0 N–H and O–H groups in total. The molecule has 2 aliphatic rings. The molecule has 24 heavy (non-hydrogen) atoms. The molecule has 0 atom stereocenters. The Morgan fingerprint density at radius 2 is 0.708 bits per heavy atom. The Labute approximate surface area is 226 Å². The smallest absolute Gasteiger partial charge is 0.329 e. The summed E-state index contributed by atoms with van der Waals surface area (Å²) >= 11 is 0. The molecule has 0 aromatic heterocycles. The standard InChI is InChI=1S/C10H12N2O8.4Na/c13-7-1-2-8(14)18-12-6-5-11(17-7)19-9(15)3-4-10(16)20-12;;;;/h1-6H2;;;;. The summed E-state index contributed by atoms with van der Waals surface area (Å²) in [5.41, 5.74) is 0. The molecule has 0 amide bonds. The molecule has 114 valence electrons. The van der Waals surface area contributed by atoms with E-state index in [0.717, 1.165) is 0 Å². The van der Waals surface area contributed by atoms with Crippen LogP contribution in [0.15, 0.2) is 0 Å². The van der Waals surface area contributed by atoms with Gasteiger partial charge in [-0.15, -0.1) is 0 Å². The van der Waals surface area contributed by atoms with Crippen LogP contribution >= 0.6 is 0 Å². The van der Waals surface area contributed by atoms with Crippen LogP contribution in [0.3, 0.4) is 0 Å². The molecular weight excluding hydrogens is 368 g/mol. The summed E-state index contributed by atoms with van der Waals surface area (Å²) < 4.78 is 0. The second-order valence-electron chi connectivity index (χ2n) is 3.97. The summed E-state index contributed by atoms with van der Waals surface area (Å²) in [4.78, 5) is 64.6. The molecule has 0 aliphatic carbocycles. The summed E-state index contributed by atoms with van der Waals surface area (Å²) in [5.74, 6) is -2.95. The zero-order chi connectivity index (χ0) is 14.5. The number of fused-ring (bicyclic) bond motifs is 3. The van der Waals surface area contributed by atoms with E-state index in [-0.39, 0.29) is 157 Å². The Morgan fingerprint density at radius 1 is 0.500 bits per heavy atom. The van der Waals surface area contributed by atoms with Crippen LogP contribution in [0.4, 0.5) is 0 Å². The van der Waals surface area contributed by atoms with E-state index < -0.39 is 23.9 Å². The Morgan fingerprint density at radius 3 is 0.917 bits per heavy atom. The van der Waals surface area contributed by atoms with Crippen molar-refractivity contribution in [2.75, 3.05) is 13.1 Å². The average Bonchev–Trinajstić information content (AvgIpc) is 2.39. The van der Waals surface area contributed by atoms with Crippen LogP contribution in [0.25, 0.3) is 0 Å². The van der Waals surface area contributed by atoms with Crippen LogP contribution in [0.1, 0.15) is 25.7 Å². The molecule has 4 radical (unpaired) electrons. The van der Waals surface area contributed by atoms with Gasteiger partial charge in [0.25, 0.3) is 0 Å². The van der Waals surface area contributed by atoms with Crippen LogP contribution in [0.5, 0.6) is 0 Å². The number of rotatable bonds is 0. The number of nitrogens with zero attached hydrogens (tertiary/aromatic N) is 2. The maximum Gasteiger partial charge on any atom is 0.329 e. The molecule has 2 saturated heterocycles. The van der Waals surface area contributed by atoms with E-state index in [1.54, 1.807) is 0 Å². The summed E-state index contributed by atoms with van der Waals surface area (Å²) in [6, 6.07) is 0. The predicted octanol–water partition coefficient (Wildman–Crippen LogP) is -2.51. The molecular formula is C10H12N2Na4O8. The van der Waals surface area contributed by atoms with Gasteiger partial charge in [0.2, 0.25) is 0 Å². The maximum absolute atomic E-state index is 11.4. The van der Waals surface area contributed by atoms with Crippen molar-refractivity contribution in [3.05, 3.63) is 0 Å². The molecule has 14 heteroatoms. The Balaban J connectivity index is -0.00000110. The minimum absolute atomic E-state index is 0. The first-order chi connectivity index (χ1) is 9.52. The van der Waals surface area contributed by atoms with Crippen LogP contribution in [-0.2, 0) is 38.5 Å². The Hall–Kier alpha value is 1.80. The Bertz CT molecular complexity index is 377. The van der Waals surface area contributed by atoms with Crippen molar-refractivity contribution in [2.24, 2.45) is 0 Å². The van der Waals surface area contributed by atoms with Gasteiger partial charge in [0.15, 0.2) is 0 Å². The van der Waals surface area contributed by atoms with Gasteiger partial charge in [0, 0.05) is 129 Å². The zero-order valence-electron chi connectivity index (χ0n) is 14.4. The minimum atomic E-state index is -0.739. The largest absolute Gasteiger partial charge is 0.333 e. The van der Waals surface area contributed by atoms with E-state index in [0.29, 0.717) is 10.5 Å². The summed E-state index contributed by atoms with van der Waals surface area (Å²) in [7, 11) is 0. The van der Waals surface area contributed by atoms with E-state index >= 15 is 0 Å². The Kier molecular flexibility index (Phi) is 20.1. The van der Waals surface area contributed by atoms with Crippen molar-refractivity contribution in [2.45, 2.75) is 25.7 Å². The van der Waals surface area contributed by atoms with E-state index in [4.69, 9.17) is 19.4 Å². The third kappa shape index (κ3) is 11.5. The van der Waals surface area contributed by atoms with Gasteiger partial charge in [-0.1, -0.05) is 0 Å². The quantitative estimate of drug-likeness (QED) is 0.418. The summed E-state index contributed by atoms with van der Waals surface area (Å²) in [6.07, 6.45) is -1.02. The van der Waals surface area contributed by atoms with Crippen LogP contribution < -0.4 is 0 Å². The molecule has 2 heterocycles. The first-order valence-corrected chi connectivity index (χ1v) is 5.91. The monoisotopic (exact) mass is 380 g/mol. The van der Waals surface area contributed by atoms with Gasteiger partial charge in [-0.25, -0.2) is 0 Å². The van der Waals surface area contributed by atoms with Crippen molar-refractivity contribution in [1.29, 1.82) is 0 Å². The molecule has 2 bridgehead atoms. The fourth-order valence-electron chi connectivity index (χ4n) is 1.43. The molecule has 0 saturated carbocycles. The minimum Gasteiger partial charge on any atom is -0.333 e. The average molecular weight is 380 g/mol. The number of hydrogen-bond acceptors (Lipinski definition) is 10. The van der Waals surface area contributed by atoms with Gasteiger partial charge in [0.05, 0.1) is 38.8 Å².